The highest BCUT2D eigenvalue weighted by molar-refractivity contribution is 6.08. The molecule has 2 aromatic carbocycles. The lowest BCUT2D eigenvalue weighted by Gasteiger charge is -2.28. The number of nitrogens with one attached hydrogen (secondary N) is 2. The van der Waals surface area contributed by atoms with Crippen LogP contribution in [0.5, 0.6) is 0 Å². The topological polar surface area (TPSA) is 104 Å². The van der Waals surface area contributed by atoms with E-state index in [1.54, 1.807) is 58.2 Å². The van der Waals surface area contributed by atoms with Crippen LogP contribution in [0.1, 0.15) is 60.7 Å². The highest BCUT2D eigenvalue weighted by Crippen LogP contribution is 2.36. The molecule has 4 rings (SSSR count). The molecule has 1 aliphatic carbocycles. The number of amides is 3. The minimum Gasteiger partial charge on any atom is -0.353 e. The molecule has 1 heterocycles. The molecule has 1 aromatic heterocycles. The van der Waals surface area contributed by atoms with E-state index in [4.69, 9.17) is 0 Å². The van der Waals surface area contributed by atoms with Crippen molar-refractivity contribution in [3.05, 3.63) is 80.9 Å². The maximum atomic E-state index is 14.9. The van der Waals surface area contributed by atoms with Crippen LogP contribution in [-0.2, 0) is 23.1 Å². The van der Waals surface area contributed by atoms with E-state index >= 15 is 0 Å². The van der Waals surface area contributed by atoms with E-state index in [-0.39, 0.29) is 46.7 Å². The van der Waals surface area contributed by atoms with Crippen molar-refractivity contribution < 1.29 is 18.8 Å². The highest BCUT2D eigenvalue weighted by atomic mass is 19.1. The zero-order chi connectivity index (χ0) is 31.1. The minimum absolute atomic E-state index is 0.0351. The van der Waals surface area contributed by atoms with E-state index in [0.29, 0.717) is 29.8 Å². The van der Waals surface area contributed by atoms with E-state index in [2.05, 4.69) is 10.6 Å². The molecule has 9 nitrogen and oxygen atoms in total. The fourth-order valence-electron chi connectivity index (χ4n) is 4.51. The molecule has 42 heavy (non-hydrogen) atoms. The normalized spacial score (nSPS) is 12.1. The zero-order valence-electron chi connectivity index (χ0n) is 25.4. The molecular formula is C32H40FN5O4. The molecule has 10 heteroatoms. The Balaban J connectivity index is 0.00000237. The molecule has 1 fully saturated rings. The van der Waals surface area contributed by atoms with Crippen LogP contribution in [0.25, 0.3) is 0 Å². The van der Waals surface area contributed by atoms with Gasteiger partial charge in [-0.1, -0.05) is 32.0 Å². The van der Waals surface area contributed by atoms with E-state index in [9.17, 15) is 23.6 Å². The number of carbonyl (C=O) groups is 3. The van der Waals surface area contributed by atoms with Gasteiger partial charge in [-0.15, -0.1) is 0 Å². The van der Waals surface area contributed by atoms with Gasteiger partial charge in [0.05, 0.1) is 17.8 Å². The number of hydrogen-bond donors (Lipinski definition) is 2. The number of aryl methyl sites for hydroxylation is 1. The van der Waals surface area contributed by atoms with Gasteiger partial charge >= 0.3 is 0 Å². The molecule has 1 saturated carbocycles. The van der Waals surface area contributed by atoms with Crippen molar-refractivity contribution in [1.29, 1.82) is 0 Å². The summed E-state index contributed by atoms with van der Waals surface area (Å²) < 4.78 is 16.1. The second-order valence-corrected chi connectivity index (χ2v) is 10.2. The Kier molecular flexibility index (Phi) is 10.6. The van der Waals surface area contributed by atoms with Gasteiger partial charge in [0, 0.05) is 37.9 Å². The summed E-state index contributed by atoms with van der Waals surface area (Å²) in [5, 5.41) is 5.89. The standard InChI is InChI=1S/C30H34FN5O4.C2H6/c1-6-34(4)30(40)26-27(19(3)29(39)35(5)28(26)33-24-13-10-18(2)14-23(24)31)36(17-37)22-9-7-8-20(15-22)16-25(38)32-21-11-12-21;1-2/h7-10,13-15,17,21,33H,6,11-12,16H2,1-5H3,(H,32,38);1-2H3. The Morgan fingerprint density at radius 1 is 1.12 bits per heavy atom. The number of halogens is 1. The van der Waals surface area contributed by atoms with Gasteiger partial charge in [0.2, 0.25) is 12.3 Å². The van der Waals surface area contributed by atoms with Crippen LogP contribution in [0.4, 0.5) is 27.3 Å². The maximum absolute atomic E-state index is 14.9. The largest absolute Gasteiger partial charge is 0.353 e. The molecule has 0 atom stereocenters. The molecule has 224 valence electrons. The highest BCUT2D eigenvalue weighted by Gasteiger charge is 2.30. The van der Waals surface area contributed by atoms with Crippen LogP contribution in [0.3, 0.4) is 0 Å². The quantitative estimate of drug-likeness (QED) is 0.326. The number of hydrogen-bond acceptors (Lipinski definition) is 5. The predicted octanol–water partition coefficient (Wildman–Crippen LogP) is 5.12. The lowest BCUT2D eigenvalue weighted by molar-refractivity contribution is -0.120. The number of nitrogens with zero attached hydrogens (tertiary/aromatic N) is 3. The molecular weight excluding hydrogens is 537 g/mol. The first kappa shape index (κ1) is 32.0. The second-order valence-electron chi connectivity index (χ2n) is 10.2. The van der Waals surface area contributed by atoms with Gasteiger partial charge in [0.25, 0.3) is 11.5 Å². The summed E-state index contributed by atoms with van der Waals surface area (Å²) in [5.41, 5.74) is 1.64. The fourth-order valence-corrected chi connectivity index (χ4v) is 4.51. The van der Waals surface area contributed by atoms with Crippen LogP contribution in [0.2, 0.25) is 0 Å². The Bertz CT molecular complexity index is 1530. The van der Waals surface area contributed by atoms with Crippen LogP contribution in [-0.4, -0.2) is 47.3 Å². The number of benzene rings is 2. The first-order valence-corrected chi connectivity index (χ1v) is 14.2. The molecule has 0 radical (unpaired) electrons. The summed E-state index contributed by atoms with van der Waals surface area (Å²) in [6.07, 6.45) is 2.60. The maximum Gasteiger partial charge on any atom is 0.259 e. The molecule has 3 amide bonds. The monoisotopic (exact) mass is 577 g/mol. The smallest absolute Gasteiger partial charge is 0.259 e. The third kappa shape index (κ3) is 7.05. The van der Waals surface area contributed by atoms with E-state index in [1.165, 1.54) is 33.5 Å². The summed E-state index contributed by atoms with van der Waals surface area (Å²) in [7, 11) is 3.09. The molecule has 0 unspecified atom stereocenters. The van der Waals surface area contributed by atoms with Gasteiger partial charge in [0.1, 0.15) is 17.2 Å². The Morgan fingerprint density at radius 2 is 1.81 bits per heavy atom. The molecule has 0 saturated heterocycles. The van der Waals surface area contributed by atoms with Crippen molar-refractivity contribution in [2.75, 3.05) is 23.8 Å². The summed E-state index contributed by atoms with van der Waals surface area (Å²) in [6.45, 7) is 9.45. The number of pyridine rings is 1. The third-order valence-corrected chi connectivity index (χ3v) is 7.04. The van der Waals surface area contributed by atoms with E-state index < -0.39 is 17.3 Å². The van der Waals surface area contributed by atoms with Crippen molar-refractivity contribution >= 4 is 41.1 Å². The van der Waals surface area contributed by atoms with E-state index in [0.717, 1.165) is 12.8 Å². The lowest BCUT2D eigenvalue weighted by atomic mass is 10.0. The van der Waals surface area contributed by atoms with Crippen molar-refractivity contribution in [1.82, 2.24) is 14.8 Å². The summed E-state index contributed by atoms with van der Waals surface area (Å²) >= 11 is 0. The Labute approximate surface area is 246 Å². The van der Waals surface area contributed by atoms with E-state index in [1.807, 2.05) is 13.8 Å². The zero-order valence-corrected chi connectivity index (χ0v) is 25.4. The number of rotatable bonds is 10. The number of aromatic nitrogens is 1. The SMILES string of the molecule is CC.CCN(C)C(=O)c1c(N(C=O)c2cccc(CC(=O)NC3CC3)c2)c(C)c(=O)n(C)c1Nc1ccc(C)cc1F. The van der Waals surface area contributed by atoms with Crippen molar-refractivity contribution in [3.8, 4) is 0 Å². The fraction of sp³-hybridized carbons (Fsp3) is 0.375. The van der Waals surface area contributed by atoms with Gasteiger partial charge in [-0.3, -0.25) is 28.6 Å². The summed E-state index contributed by atoms with van der Waals surface area (Å²) in [4.78, 5) is 55.0. The predicted molar refractivity (Wildman–Crippen MR) is 164 cm³/mol. The first-order valence-electron chi connectivity index (χ1n) is 14.2. The van der Waals surface area contributed by atoms with Gasteiger partial charge in [0.15, 0.2) is 0 Å². The number of carbonyl (C=O) groups excluding carboxylic acids is 3. The molecule has 1 aliphatic rings. The molecule has 2 N–H and O–H groups in total. The van der Waals surface area contributed by atoms with Crippen molar-refractivity contribution in [2.24, 2.45) is 7.05 Å². The molecule has 0 bridgehead atoms. The Hall–Kier alpha value is -4.47. The molecule has 0 aliphatic heterocycles. The third-order valence-electron chi connectivity index (χ3n) is 7.04. The Morgan fingerprint density at radius 3 is 2.40 bits per heavy atom. The van der Waals surface area contributed by atoms with Crippen molar-refractivity contribution in [3.63, 3.8) is 0 Å². The van der Waals surface area contributed by atoms with Crippen LogP contribution >= 0.6 is 0 Å². The van der Waals surface area contributed by atoms with Crippen molar-refractivity contribution in [2.45, 2.75) is 59.9 Å². The van der Waals surface area contributed by atoms with Crippen LogP contribution in [0, 0.1) is 19.7 Å². The molecule has 0 spiro atoms. The van der Waals surface area contributed by atoms with Gasteiger partial charge in [-0.25, -0.2) is 4.39 Å². The first-order chi connectivity index (χ1) is 20.0. The summed E-state index contributed by atoms with van der Waals surface area (Å²) in [6, 6.07) is 11.6. The average molecular weight is 578 g/mol. The van der Waals surface area contributed by atoms with Crippen LogP contribution in [0.15, 0.2) is 47.3 Å². The lowest BCUT2D eigenvalue weighted by Crippen LogP contribution is -2.34. The second kappa shape index (κ2) is 13.9. The number of anilines is 4. The van der Waals surface area contributed by atoms with Crippen LogP contribution < -0.4 is 21.1 Å². The van der Waals surface area contributed by atoms with Gasteiger partial charge < -0.3 is 15.5 Å². The van der Waals surface area contributed by atoms with Gasteiger partial charge in [-0.05, 0) is 69.0 Å². The molecule has 3 aromatic rings. The average Bonchev–Trinajstić information content (AvgIpc) is 3.80. The van der Waals surface area contributed by atoms with Gasteiger partial charge in [-0.2, -0.15) is 0 Å². The summed E-state index contributed by atoms with van der Waals surface area (Å²) in [5.74, 6) is -1.08. The minimum atomic E-state index is -0.554.